The van der Waals surface area contributed by atoms with Gasteiger partial charge in [0.05, 0.1) is 7.11 Å². The molecule has 0 bridgehead atoms. The molecule has 0 aliphatic rings. The minimum atomic E-state index is -0.721. The first-order valence-electron chi connectivity index (χ1n) is 7.69. The van der Waals surface area contributed by atoms with Gasteiger partial charge in [-0.2, -0.15) is 0 Å². The van der Waals surface area contributed by atoms with E-state index < -0.39 is 18.0 Å². The first kappa shape index (κ1) is 20.0. The van der Waals surface area contributed by atoms with Crippen LogP contribution in [0.5, 0.6) is 0 Å². The first-order chi connectivity index (χ1) is 10.5. The highest BCUT2D eigenvalue weighted by Crippen LogP contribution is 1.99. The second-order valence-corrected chi connectivity index (χ2v) is 4.76. The fraction of sp³-hybridized carbons (Fsp3) is 0.786. The maximum Gasteiger partial charge on any atom is 0.328 e. The van der Waals surface area contributed by atoms with Crippen LogP contribution in [0.25, 0.3) is 0 Å². The number of esters is 1. The molecule has 4 N–H and O–H groups in total. The summed E-state index contributed by atoms with van der Waals surface area (Å²) in [6.07, 6.45) is 2.90. The quantitative estimate of drug-likeness (QED) is 0.352. The zero-order valence-electron chi connectivity index (χ0n) is 13.7. The lowest BCUT2D eigenvalue weighted by Gasteiger charge is -2.16. The van der Waals surface area contributed by atoms with E-state index in [-0.39, 0.29) is 6.03 Å². The molecule has 0 aliphatic carbocycles. The van der Waals surface area contributed by atoms with E-state index in [4.69, 9.17) is 0 Å². The second kappa shape index (κ2) is 12.7. The Morgan fingerprint density at radius 2 is 1.59 bits per heavy atom. The van der Waals surface area contributed by atoms with Crippen molar-refractivity contribution in [3.63, 3.8) is 0 Å². The van der Waals surface area contributed by atoms with Gasteiger partial charge in [-0.05, 0) is 26.2 Å². The number of hydrogen-bond donors (Lipinski definition) is 4. The van der Waals surface area contributed by atoms with Crippen LogP contribution in [-0.2, 0) is 9.53 Å². The Bertz CT molecular complexity index is 350. The summed E-state index contributed by atoms with van der Waals surface area (Å²) in [4.78, 5) is 34.5. The molecule has 8 heteroatoms. The molecule has 0 saturated carbocycles. The molecule has 1 atom stereocenters. The van der Waals surface area contributed by atoms with Gasteiger partial charge in [0.1, 0.15) is 6.04 Å². The molecular weight excluding hydrogens is 288 g/mol. The molecular formula is C14H28N4O4. The number of hydrogen-bond acceptors (Lipinski definition) is 4. The lowest BCUT2D eigenvalue weighted by molar-refractivity contribution is -0.143. The number of ether oxygens (including phenoxy) is 1. The van der Waals surface area contributed by atoms with Crippen molar-refractivity contribution in [3.8, 4) is 0 Å². The summed E-state index contributed by atoms with van der Waals surface area (Å²) in [6, 6.07) is -1.36. The largest absolute Gasteiger partial charge is 0.467 e. The molecule has 0 radical (unpaired) electrons. The average Bonchev–Trinajstić information content (AvgIpc) is 2.50. The van der Waals surface area contributed by atoms with Crippen molar-refractivity contribution in [1.29, 1.82) is 0 Å². The molecule has 0 fully saturated rings. The highest BCUT2D eigenvalue weighted by Gasteiger charge is 2.20. The highest BCUT2D eigenvalue weighted by molar-refractivity contribution is 5.83. The summed E-state index contributed by atoms with van der Waals surface area (Å²) in [5.74, 6) is -0.501. The Kier molecular flexibility index (Phi) is 11.6. The van der Waals surface area contributed by atoms with Crippen LogP contribution in [0.2, 0.25) is 0 Å². The van der Waals surface area contributed by atoms with Gasteiger partial charge in [-0.1, -0.05) is 13.3 Å². The van der Waals surface area contributed by atoms with E-state index in [1.165, 1.54) is 7.11 Å². The van der Waals surface area contributed by atoms with Gasteiger partial charge in [-0.25, -0.2) is 14.4 Å². The number of carbonyl (C=O) groups excluding carboxylic acids is 3. The van der Waals surface area contributed by atoms with Crippen LogP contribution in [-0.4, -0.2) is 50.8 Å². The van der Waals surface area contributed by atoms with Gasteiger partial charge >= 0.3 is 18.0 Å². The number of nitrogens with one attached hydrogen (secondary N) is 4. The van der Waals surface area contributed by atoms with Gasteiger partial charge in [0.15, 0.2) is 0 Å². The van der Waals surface area contributed by atoms with E-state index in [9.17, 15) is 14.4 Å². The van der Waals surface area contributed by atoms with E-state index >= 15 is 0 Å². The monoisotopic (exact) mass is 316 g/mol. The Hall–Kier alpha value is -1.99. The molecule has 0 aromatic heterocycles. The zero-order chi connectivity index (χ0) is 16.8. The van der Waals surface area contributed by atoms with Gasteiger partial charge in [0, 0.05) is 19.6 Å². The molecule has 0 aromatic carbocycles. The molecule has 0 saturated heterocycles. The summed E-state index contributed by atoms with van der Waals surface area (Å²) in [5.41, 5.74) is 0. The number of carbonyl (C=O) groups is 3. The molecule has 128 valence electrons. The number of methoxy groups -OCH3 is 1. The van der Waals surface area contributed by atoms with Crippen molar-refractivity contribution in [2.75, 3.05) is 26.7 Å². The molecule has 22 heavy (non-hydrogen) atoms. The van der Waals surface area contributed by atoms with Crippen molar-refractivity contribution in [1.82, 2.24) is 21.3 Å². The van der Waals surface area contributed by atoms with Gasteiger partial charge in [-0.3, -0.25) is 0 Å². The SMILES string of the molecule is CCCCNC(=O)NCCCC(NC(=O)NCC)C(=O)OC. The maximum atomic E-state index is 11.6. The molecule has 4 amide bonds. The predicted octanol–water partition coefficient (Wildman–Crippen LogP) is 0.727. The predicted molar refractivity (Wildman–Crippen MR) is 83.6 cm³/mol. The Morgan fingerprint density at radius 3 is 2.14 bits per heavy atom. The summed E-state index contributed by atoms with van der Waals surface area (Å²) >= 11 is 0. The summed E-state index contributed by atoms with van der Waals surface area (Å²) in [7, 11) is 1.27. The third kappa shape index (κ3) is 9.84. The van der Waals surface area contributed by atoms with Gasteiger partial charge < -0.3 is 26.0 Å². The van der Waals surface area contributed by atoms with Crippen LogP contribution in [0.3, 0.4) is 0 Å². The molecule has 0 rings (SSSR count). The first-order valence-corrected chi connectivity index (χ1v) is 7.69. The molecule has 0 aromatic rings. The van der Waals surface area contributed by atoms with Crippen LogP contribution < -0.4 is 21.3 Å². The van der Waals surface area contributed by atoms with Crippen molar-refractivity contribution >= 4 is 18.0 Å². The van der Waals surface area contributed by atoms with Gasteiger partial charge in [-0.15, -0.1) is 0 Å². The zero-order valence-corrected chi connectivity index (χ0v) is 13.7. The number of amides is 4. The van der Waals surface area contributed by atoms with Crippen molar-refractivity contribution in [2.45, 2.75) is 45.6 Å². The lowest BCUT2D eigenvalue weighted by atomic mass is 10.1. The Balaban J connectivity index is 4.00. The van der Waals surface area contributed by atoms with Crippen LogP contribution in [0.4, 0.5) is 9.59 Å². The van der Waals surface area contributed by atoms with Gasteiger partial charge in [0.25, 0.3) is 0 Å². The van der Waals surface area contributed by atoms with E-state index in [0.717, 1.165) is 12.8 Å². The van der Waals surface area contributed by atoms with E-state index in [1.54, 1.807) is 6.92 Å². The van der Waals surface area contributed by atoms with E-state index in [2.05, 4.69) is 26.0 Å². The number of rotatable bonds is 10. The fourth-order valence-electron chi connectivity index (χ4n) is 1.71. The smallest absolute Gasteiger partial charge is 0.328 e. The van der Waals surface area contributed by atoms with Crippen LogP contribution in [0, 0.1) is 0 Å². The standard InChI is InChI=1S/C14H28N4O4/c1-4-6-9-16-13(20)17-10-7-8-11(12(19)22-3)18-14(21)15-5-2/h11H,4-10H2,1-3H3,(H2,15,18,21)(H2,16,17,20). The fourth-order valence-corrected chi connectivity index (χ4v) is 1.71. The highest BCUT2D eigenvalue weighted by atomic mass is 16.5. The number of urea groups is 2. The average molecular weight is 316 g/mol. The lowest BCUT2D eigenvalue weighted by Crippen LogP contribution is -2.46. The van der Waals surface area contributed by atoms with Crippen LogP contribution in [0.1, 0.15) is 39.5 Å². The number of unbranched alkanes of at least 4 members (excludes halogenated alkanes) is 1. The van der Waals surface area contributed by atoms with E-state index in [0.29, 0.717) is 32.5 Å². The Labute approximate surface area is 131 Å². The summed E-state index contributed by atoms with van der Waals surface area (Å²) in [6.45, 7) is 5.37. The molecule has 0 aliphatic heterocycles. The second-order valence-electron chi connectivity index (χ2n) is 4.76. The molecule has 8 nitrogen and oxygen atoms in total. The minimum Gasteiger partial charge on any atom is -0.467 e. The van der Waals surface area contributed by atoms with Gasteiger partial charge in [0.2, 0.25) is 0 Å². The van der Waals surface area contributed by atoms with Crippen LogP contribution in [0.15, 0.2) is 0 Å². The topological polar surface area (TPSA) is 109 Å². The normalized spacial score (nSPS) is 11.2. The van der Waals surface area contributed by atoms with Crippen molar-refractivity contribution in [2.24, 2.45) is 0 Å². The maximum absolute atomic E-state index is 11.6. The van der Waals surface area contributed by atoms with Crippen molar-refractivity contribution < 1.29 is 19.1 Å². The minimum absolute atomic E-state index is 0.222. The molecule has 1 unspecified atom stereocenters. The summed E-state index contributed by atoms with van der Waals surface area (Å²) < 4.78 is 4.65. The van der Waals surface area contributed by atoms with E-state index in [1.807, 2.05) is 6.92 Å². The van der Waals surface area contributed by atoms with Crippen molar-refractivity contribution in [3.05, 3.63) is 0 Å². The third-order valence-corrected chi connectivity index (χ3v) is 2.90. The molecule has 0 heterocycles. The Morgan fingerprint density at radius 1 is 0.955 bits per heavy atom. The van der Waals surface area contributed by atoms with Crippen LogP contribution >= 0.6 is 0 Å². The third-order valence-electron chi connectivity index (χ3n) is 2.90. The summed E-state index contributed by atoms with van der Waals surface area (Å²) in [5, 5.41) is 10.5. The molecule has 0 spiro atoms.